The Hall–Kier alpha value is -1.41. The molecule has 0 atom stereocenters. The Balaban J connectivity index is 2.30. The zero-order chi connectivity index (χ0) is 13.3. The van der Waals surface area contributed by atoms with Crippen LogP contribution < -0.4 is 0 Å². The largest absolute Gasteiger partial charge is 0.464 e. The van der Waals surface area contributed by atoms with Crippen molar-refractivity contribution in [2.24, 2.45) is 0 Å². The van der Waals surface area contributed by atoms with E-state index in [-0.39, 0.29) is 10.4 Å². The third-order valence-corrected chi connectivity index (χ3v) is 4.08. The van der Waals surface area contributed by atoms with Crippen molar-refractivity contribution in [1.29, 1.82) is 0 Å². The monoisotopic (exact) mass is 284 g/mol. The van der Waals surface area contributed by atoms with E-state index in [1.54, 1.807) is 0 Å². The summed E-state index contributed by atoms with van der Waals surface area (Å²) in [6.07, 6.45) is 0. The molecule has 18 heavy (non-hydrogen) atoms. The van der Waals surface area contributed by atoms with E-state index in [0.29, 0.717) is 10.8 Å². The maximum Gasteiger partial charge on any atom is 0.369 e. The van der Waals surface area contributed by atoms with Crippen LogP contribution in [0.4, 0.5) is 0 Å². The zero-order valence-electron chi connectivity index (χ0n) is 10.4. The first kappa shape index (κ1) is 13.0. The van der Waals surface area contributed by atoms with Crippen molar-refractivity contribution in [3.63, 3.8) is 0 Å². The van der Waals surface area contributed by atoms with Crippen LogP contribution in [0.1, 0.15) is 35.6 Å². The van der Waals surface area contributed by atoms with Crippen molar-refractivity contribution in [3.8, 4) is 10.8 Å². The number of esters is 1. The Morgan fingerprint density at radius 1 is 1.28 bits per heavy atom. The van der Waals surface area contributed by atoms with Crippen molar-refractivity contribution >= 4 is 28.8 Å². The molecule has 0 N–H and O–H groups in total. The number of nitrogens with zero attached hydrogens (tertiary/aromatic N) is 4. The molecule has 0 saturated carbocycles. The van der Waals surface area contributed by atoms with Gasteiger partial charge in [0.05, 0.1) is 7.11 Å². The maximum atomic E-state index is 11.3. The Labute approximate surface area is 112 Å². The minimum atomic E-state index is -0.495. The molecule has 0 bridgehead atoms. The third-order valence-electron chi connectivity index (χ3n) is 2.04. The van der Waals surface area contributed by atoms with Gasteiger partial charge in [-0.25, -0.2) is 9.78 Å². The normalized spacial score (nSPS) is 11.6. The van der Waals surface area contributed by atoms with Gasteiger partial charge >= 0.3 is 5.97 Å². The highest BCUT2D eigenvalue weighted by Gasteiger charge is 2.22. The Kier molecular flexibility index (Phi) is 3.40. The van der Waals surface area contributed by atoms with Crippen LogP contribution in [0.3, 0.4) is 0 Å². The molecule has 96 valence electrons. The van der Waals surface area contributed by atoms with Crippen molar-refractivity contribution in [2.45, 2.75) is 26.2 Å². The minimum Gasteiger partial charge on any atom is -0.464 e. The van der Waals surface area contributed by atoms with E-state index in [1.165, 1.54) is 18.6 Å². The number of ether oxygens (including phenoxy) is 1. The number of aromatic nitrogens is 4. The van der Waals surface area contributed by atoms with E-state index in [4.69, 9.17) is 0 Å². The summed E-state index contributed by atoms with van der Waals surface area (Å²) >= 11 is 2.46. The molecule has 0 aliphatic carbocycles. The van der Waals surface area contributed by atoms with Crippen LogP contribution in [-0.4, -0.2) is 32.6 Å². The second-order valence-electron chi connectivity index (χ2n) is 4.58. The second-order valence-corrected chi connectivity index (χ2v) is 6.31. The summed E-state index contributed by atoms with van der Waals surface area (Å²) in [6.45, 7) is 6.20. The van der Waals surface area contributed by atoms with Gasteiger partial charge in [-0.2, -0.15) is 4.37 Å². The molecule has 0 amide bonds. The third kappa shape index (κ3) is 2.54. The fourth-order valence-corrected chi connectivity index (χ4v) is 2.55. The quantitative estimate of drug-likeness (QED) is 0.786. The Morgan fingerprint density at radius 3 is 2.56 bits per heavy atom. The highest BCUT2D eigenvalue weighted by molar-refractivity contribution is 7.16. The highest BCUT2D eigenvalue weighted by atomic mass is 32.1. The lowest BCUT2D eigenvalue weighted by molar-refractivity contribution is 0.0599. The molecular weight excluding hydrogens is 272 g/mol. The number of hydrogen-bond donors (Lipinski definition) is 0. The van der Waals surface area contributed by atoms with Crippen LogP contribution in [0.15, 0.2) is 0 Å². The molecule has 0 radical (unpaired) electrons. The van der Waals surface area contributed by atoms with Crippen molar-refractivity contribution in [3.05, 3.63) is 10.0 Å². The lowest BCUT2D eigenvalue weighted by Crippen LogP contribution is -2.10. The molecule has 8 heteroatoms. The van der Waals surface area contributed by atoms with Gasteiger partial charge in [-0.1, -0.05) is 32.1 Å². The summed E-state index contributed by atoms with van der Waals surface area (Å²) in [4.78, 5) is 15.7. The van der Waals surface area contributed by atoms with E-state index < -0.39 is 5.97 Å². The van der Waals surface area contributed by atoms with Gasteiger partial charge in [0, 0.05) is 5.41 Å². The van der Waals surface area contributed by atoms with E-state index in [1.807, 2.05) is 0 Å². The number of carbonyl (C=O) groups is 1. The standard InChI is InChI=1S/C10H12N4O2S2/c1-10(2,3)9-11-5(14-18-9)6-12-13-7(17-6)8(15)16-4/h1-4H3. The number of hydrogen-bond acceptors (Lipinski definition) is 8. The van der Waals surface area contributed by atoms with Crippen molar-refractivity contribution < 1.29 is 9.53 Å². The zero-order valence-corrected chi connectivity index (χ0v) is 12.1. The van der Waals surface area contributed by atoms with Crippen LogP contribution >= 0.6 is 22.9 Å². The average molecular weight is 284 g/mol. The predicted octanol–water partition coefficient (Wildman–Crippen LogP) is 2.14. The summed E-state index contributed by atoms with van der Waals surface area (Å²) in [5.41, 5.74) is -0.0498. The molecule has 0 aromatic carbocycles. The molecule has 0 fully saturated rings. The van der Waals surface area contributed by atoms with Crippen LogP contribution in [0.25, 0.3) is 10.8 Å². The lowest BCUT2D eigenvalue weighted by Gasteiger charge is -2.12. The fraction of sp³-hybridized carbons (Fsp3) is 0.500. The van der Waals surface area contributed by atoms with Crippen molar-refractivity contribution in [2.75, 3.05) is 7.11 Å². The molecular formula is C10H12N4O2S2. The van der Waals surface area contributed by atoms with Gasteiger partial charge in [-0.05, 0) is 11.5 Å². The molecule has 2 heterocycles. The van der Waals surface area contributed by atoms with Gasteiger partial charge in [-0.15, -0.1) is 10.2 Å². The Morgan fingerprint density at radius 2 is 2.00 bits per heavy atom. The first-order chi connectivity index (χ1) is 8.41. The van der Waals surface area contributed by atoms with E-state index in [2.05, 4.69) is 45.1 Å². The predicted molar refractivity (Wildman–Crippen MR) is 68.9 cm³/mol. The average Bonchev–Trinajstić information content (AvgIpc) is 2.94. The molecule has 6 nitrogen and oxygen atoms in total. The molecule has 0 aliphatic heterocycles. The van der Waals surface area contributed by atoms with Crippen LogP contribution in [0, 0.1) is 0 Å². The second kappa shape index (κ2) is 4.69. The van der Waals surface area contributed by atoms with Crippen LogP contribution in [-0.2, 0) is 10.2 Å². The molecule has 0 spiro atoms. The molecule has 0 saturated heterocycles. The van der Waals surface area contributed by atoms with Gasteiger partial charge in [0.2, 0.25) is 10.8 Å². The maximum absolute atomic E-state index is 11.3. The van der Waals surface area contributed by atoms with E-state index >= 15 is 0 Å². The Bertz CT molecular complexity index is 570. The fourth-order valence-electron chi connectivity index (χ4n) is 1.10. The number of carbonyl (C=O) groups excluding carboxylic acids is 1. The molecule has 2 rings (SSSR count). The van der Waals surface area contributed by atoms with E-state index in [0.717, 1.165) is 16.3 Å². The van der Waals surface area contributed by atoms with Crippen molar-refractivity contribution in [1.82, 2.24) is 19.6 Å². The van der Waals surface area contributed by atoms with Crippen LogP contribution in [0.2, 0.25) is 0 Å². The molecule has 2 aromatic heterocycles. The first-order valence-electron chi connectivity index (χ1n) is 5.18. The van der Waals surface area contributed by atoms with Gasteiger partial charge in [0.1, 0.15) is 5.01 Å². The SMILES string of the molecule is COC(=O)c1nnc(-c2nsc(C(C)(C)C)n2)s1. The minimum absolute atomic E-state index is 0.0498. The number of rotatable bonds is 2. The molecule has 2 aromatic rings. The topological polar surface area (TPSA) is 77.9 Å². The highest BCUT2D eigenvalue weighted by Crippen LogP contribution is 2.28. The summed E-state index contributed by atoms with van der Waals surface area (Å²) in [6, 6.07) is 0. The lowest BCUT2D eigenvalue weighted by atomic mass is 9.98. The first-order valence-corrected chi connectivity index (χ1v) is 6.77. The molecule has 0 unspecified atom stereocenters. The van der Waals surface area contributed by atoms with Gasteiger partial charge < -0.3 is 4.74 Å². The summed E-state index contributed by atoms with van der Waals surface area (Å²) in [7, 11) is 1.31. The molecule has 0 aliphatic rings. The van der Waals surface area contributed by atoms with E-state index in [9.17, 15) is 4.79 Å². The summed E-state index contributed by atoms with van der Waals surface area (Å²) < 4.78 is 8.81. The van der Waals surface area contributed by atoms with Crippen LogP contribution in [0.5, 0.6) is 0 Å². The summed E-state index contributed by atoms with van der Waals surface area (Å²) in [5.74, 6) is 0.0163. The smallest absolute Gasteiger partial charge is 0.369 e. The van der Waals surface area contributed by atoms with Gasteiger partial charge in [0.25, 0.3) is 0 Å². The van der Waals surface area contributed by atoms with Gasteiger partial charge in [0.15, 0.2) is 5.01 Å². The van der Waals surface area contributed by atoms with Gasteiger partial charge in [-0.3, -0.25) is 0 Å². The number of methoxy groups -OCH3 is 1. The summed E-state index contributed by atoms with van der Waals surface area (Å²) in [5, 5.41) is 9.31.